The number of Topliss-reactive ketones (excluding diaryl/α,β-unsaturated/α-hetero) is 2. The van der Waals surface area contributed by atoms with Crippen LogP contribution < -0.4 is 9.47 Å². The number of ketones is 4. The molecule has 0 aromatic heterocycles. The lowest BCUT2D eigenvalue weighted by molar-refractivity contribution is 0.0985. The van der Waals surface area contributed by atoms with Crippen LogP contribution in [0.5, 0.6) is 17.2 Å². The van der Waals surface area contributed by atoms with Crippen molar-refractivity contribution in [1.29, 1.82) is 0 Å². The predicted molar refractivity (Wildman–Crippen MR) is 111 cm³/mol. The molecule has 0 heterocycles. The fourth-order valence-corrected chi connectivity index (χ4v) is 4.14. The largest absolute Gasteiger partial charge is 0.506 e. The van der Waals surface area contributed by atoms with Crippen LogP contribution in [0.25, 0.3) is 5.57 Å². The van der Waals surface area contributed by atoms with Crippen LogP contribution in [0, 0.1) is 6.92 Å². The number of rotatable bonds is 3. The zero-order valence-corrected chi connectivity index (χ0v) is 17.3. The van der Waals surface area contributed by atoms with Crippen molar-refractivity contribution in [2.75, 3.05) is 14.2 Å². The maximum absolute atomic E-state index is 13.6. The van der Waals surface area contributed by atoms with Gasteiger partial charge in [-0.15, -0.1) is 0 Å². The van der Waals surface area contributed by atoms with Gasteiger partial charge in [-0.3, -0.25) is 19.2 Å². The van der Waals surface area contributed by atoms with E-state index >= 15 is 0 Å². The van der Waals surface area contributed by atoms with Crippen LogP contribution in [-0.2, 0) is 0 Å². The Morgan fingerprint density at radius 1 is 0.742 bits per heavy atom. The van der Waals surface area contributed by atoms with E-state index in [1.54, 1.807) is 13.0 Å². The lowest BCUT2D eigenvalue weighted by atomic mass is 9.78. The van der Waals surface area contributed by atoms with Crippen molar-refractivity contribution in [3.05, 3.63) is 69.3 Å². The molecule has 2 aliphatic carbocycles. The van der Waals surface area contributed by atoms with Gasteiger partial charge in [0.05, 0.1) is 30.9 Å². The summed E-state index contributed by atoms with van der Waals surface area (Å²) in [5.74, 6) is -2.08. The molecule has 7 heteroatoms. The zero-order valence-electron chi connectivity index (χ0n) is 17.3. The van der Waals surface area contributed by atoms with E-state index in [1.165, 1.54) is 33.3 Å². The number of aryl methyl sites for hydroxylation is 1. The van der Waals surface area contributed by atoms with Crippen LogP contribution in [-0.4, -0.2) is 42.5 Å². The Morgan fingerprint density at radius 3 is 1.87 bits per heavy atom. The zero-order chi connectivity index (χ0) is 22.6. The van der Waals surface area contributed by atoms with Crippen LogP contribution in [0.4, 0.5) is 0 Å². The lowest BCUT2D eigenvalue weighted by Crippen LogP contribution is -2.23. The van der Waals surface area contributed by atoms with Crippen molar-refractivity contribution in [3.63, 3.8) is 0 Å². The van der Waals surface area contributed by atoms with Crippen LogP contribution in [0.2, 0.25) is 0 Å². The first kappa shape index (κ1) is 20.3. The SMILES string of the molecule is COc1ccc(OC)c2c1C(=O)C(C)=C(c1c(C)cc3c(c1O)C(=O)C=CC3=O)C2=O. The van der Waals surface area contributed by atoms with Crippen molar-refractivity contribution >= 4 is 28.7 Å². The van der Waals surface area contributed by atoms with Crippen molar-refractivity contribution in [2.45, 2.75) is 13.8 Å². The van der Waals surface area contributed by atoms with Gasteiger partial charge in [0.2, 0.25) is 0 Å². The number of benzene rings is 2. The summed E-state index contributed by atoms with van der Waals surface area (Å²) in [5, 5.41) is 11.0. The number of phenolic OH excluding ortho intramolecular Hbond substituents is 1. The van der Waals surface area contributed by atoms with Gasteiger partial charge in [0.15, 0.2) is 23.1 Å². The van der Waals surface area contributed by atoms with Gasteiger partial charge in [0.25, 0.3) is 0 Å². The molecule has 0 spiro atoms. The highest BCUT2D eigenvalue weighted by Crippen LogP contribution is 2.45. The van der Waals surface area contributed by atoms with E-state index in [0.29, 0.717) is 5.56 Å². The van der Waals surface area contributed by atoms with Gasteiger partial charge in [0.1, 0.15) is 17.2 Å². The Hall–Kier alpha value is -4.00. The summed E-state index contributed by atoms with van der Waals surface area (Å²) in [7, 11) is 2.77. The van der Waals surface area contributed by atoms with E-state index < -0.39 is 28.9 Å². The summed E-state index contributed by atoms with van der Waals surface area (Å²) in [4.78, 5) is 51.5. The summed E-state index contributed by atoms with van der Waals surface area (Å²) in [6, 6.07) is 4.51. The second-order valence-corrected chi connectivity index (χ2v) is 7.28. The number of hydrogen-bond acceptors (Lipinski definition) is 7. The molecule has 2 aliphatic rings. The fraction of sp³-hybridized carbons (Fsp3) is 0.167. The van der Waals surface area contributed by atoms with E-state index in [0.717, 1.165) is 12.2 Å². The highest BCUT2D eigenvalue weighted by Gasteiger charge is 2.38. The van der Waals surface area contributed by atoms with E-state index in [1.807, 2.05) is 0 Å². The Bertz CT molecular complexity index is 1290. The quantitative estimate of drug-likeness (QED) is 0.813. The number of methoxy groups -OCH3 is 2. The second kappa shape index (κ2) is 7.05. The molecule has 2 aromatic rings. The number of aromatic hydroxyl groups is 1. The van der Waals surface area contributed by atoms with Gasteiger partial charge in [0, 0.05) is 22.3 Å². The molecule has 156 valence electrons. The van der Waals surface area contributed by atoms with Gasteiger partial charge in [-0.05, 0) is 49.8 Å². The number of carbonyl (C=O) groups excluding carboxylic acids is 4. The summed E-state index contributed by atoms with van der Waals surface area (Å²) in [6.07, 6.45) is 2.21. The molecule has 0 fully saturated rings. The molecule has 0 amide bonds. The topological polar surface area (TPSA) is 107 Å². The maximum Gasteiger partial charge on any atom is 0.198 e. The third-order valence-electron chi connectivity index (χ3n) is 5.61. The molecule has 1 N–H and O–H groups in total. The average Bonchev–Trinajstić information content (AvgIpc) is 2.75. The van der Waals surface area contributed by atoms with Crippen LogP contribution in [0.15, 0.2) is 35.9 Å². The molecule has 0 atom stereocenters. The molecule has 7 nitrogen and oxygen atoms in total. The molecule has 0 radical (unpaired) electrons. The van der Waals surface area contributed by atoms with Crippen molar-refractivity contribution < 1.29 is 33.8 Å². The highest BCUT2D eigenvalue weighted by molar-refractivity contribution is 6.42. The number of carbonyl (C=O) groups is 4. The van der Waals surface area contributed by atoms with Crippen molar-refractivity contribution in [3.8, 4) is 17.2 Å². The summed E-state index contributed by atoms with van der Waals surface area (Å²) in [5.41, 5.74) is 0.443. The number of phenols is 1. The Labute approximate surface area is 177 Å². The van der Waals surface area contributed by atoms with Crippen molar-refractivity contribution in [2.24, 2.45) is 0 Å². The highest BCUT2D eigenvalue weighted by atomic mass is 16.5. The molecule has 4 rings (SSSR count). The number of ether oxygens (including phenoxy) is 2. The third-order valence-corrected chi connectivity index (χ3v) is 5.61. The van der Waals surface area contributed by atoms with Crippen LogP contribution in [0.3, 0.4) is 0 Å². The Balaban J connectivity index is 2.05. The number of allylic oxidation sites excluding steroid dienone is 4. The Morgan fingerprint density at radius 2 is 1.29 bits per heavy atom. The molecule has 0 saturated heterocycles. The average molecular weight is 418 g/mol. The minimum absolute atomic E-state index is 0.0197. The number of hydrogen-bond donors (Lipinski definition) is 1. The fourth-order valence-electron chi connectivity index (χ4n) is 4.14. The molecule has 0 unspecified atom stereocenters. The second-order valence-electron chi connectivity index (χ2n) is 7.28. The lowest BCUT2D eigenvalue weighted by Gasteiger charge is -2.25. The standard InChI is InChI=1S/C24H18O7/c1-10-9-12-13(25)5-6-14(26)19(12)23(28)17(10)18-11(2)22(27)20-15(30-3)7-8-16(31-4)21(20)24(18)29/h5-9,28H,1-4H3. The molecule has 0 aliphatic heterocycles. The van der Waals surface area contributed by atoms with Gasteiger partial charge in [-0.25, -0.2) is 0 Å². The van der Waals surface area contributed by atoms with Gasteiger partial charge < -0.3 is 14.6 Å². The minimum Gasteiger partial charge on any atom is -0.506 e. The summed E-state index contributed by atoms with van der Waals surface area (Å²) < 4.78 is 10.6. The molecule has 0 saturated carbocycles. The van der Waals surface area contributed by atoms with Crippen molar-refractivity contribution in [1.82, 2.24) is 0 Å². The van der Waals surface area contributed by atoms with Gasteiger partial charge >= 0.3 is 0 Å². The van der Waals surface area contributed by atoms with E-state index in [9.17, 15) is 24.3 Å². The molecule has 2 aromatic carbocycles. The van der Waals surface area contributed by atoms with Crippen LogP contribution >= 0.6 is 0 Å². The normalized spacial score (nSPS) is 15.2. The molecular weight excluding hydrogens is 400 g/mol. The van der Waals surface area contributed by atoms with Gasteiger partial charge in [-0.2, -0.15) is 0 Å². The third kappa shape index (κ3) is 2.73. The Kier molecular flexibility index (Phi) is 4.61. The summed E-state index contributed by atoms with van der Waals surface area (Å²) in [6.45, 7) is 3.07. The molecule has 0 bridgehead atoms. The molecular formula is C24H18O7. The first-order chi connectivity index (χ1) is 14.7. The van der Waals surface area contributed by atoms with Crippen LogP contribution in [0.1, 0.15) is 59.5 Å². The number of fused-ring (bicyclic) bond motifs is 2. The smallest absolute Gasteiger partial charge is 0.198 e. The monoisotopic (exact) mass is 418 g/mol. The van der Waals surface area contributed by atoms with E-state index in [-0.39, 0.29) is 50.5 Å². The maximum atomic E-state index is 13.6. The first-order valence-electron chi connectivity index (χ1n) is 9.41. The van der Waals surface area contributed by atoms with E-state index in [4.69, 9.17) is 9.47 Å². The first-order valence-corrected chi connectivity index (χ1v) is 9.41. The van der Waals surface area contributed by atoms with E-state index in [2.05, 4.69) is 0 Å². The summed E-state index contributed by atoms with van der Waals surface area (Å²) >= 11 is 0. The van der Waals surface area contributed by atoms with Gasteiger partial charge in [-0.1, -0.05) is 0 Å². The molecule has 31 heavy (non-hydrogen) atoms. The minimum atomic E-state index is -0.555. The predicted octanol–water partition coefficient (Wildman–Crippen LogP) is 3.51.